The number of nitrogens with one attached hydrogen (secondary N) is 2. The topological polar surface area (TPSA) is 76.1 Å². The fourth-order valence-electron chi connectivity index (χ4n) is 1.55. The van der Waals surface area contributed by atoms with Crippen LogP contribution in [0.2, 0.25) is 0 Å². The van der Waals surface area contributed by atoms with E-state index in [4.69, 9.17) is 4.74 Å². The molecule has 110 valence electrons. The molecule has 2 rings (SSSR count). The molecule has 0 aliphatic carbocycles. The molecule has 0 aliphatic rings. The summed E-state index contributed by atoms with van der Waals surface area (Å²) in [7, 11) is 1.58. The Kier molecular flexibility index (Phi) is 5.65. The zero-order valence-corrected chi connectivity index (χ0v) is 13.1. The fraction of sp³-hybridized carbons (Fsp3) is 0.214. The van der Waals surface area contributed by atoms with Crippen LogP contribution in [-0.4, -0.2) is 36.1 Å². The highest BCUT2D eigenvalue weighted by molar-refractivity contribution is 9.10. The van der Waals surface area contributed by atoms with E-state index in [2.05, 4.69) is 36.5 Å². The van der Waals surface area contributed by atoms with Crippen molar-refractivity contribution in [3.8, 4) is 0 Å². The quantitative estimate of drug-likeness (QED) is 0.782. The number of hydrogen-bond acceptors (Lipinski definition) is 5. The van der Waals surface area contributed by atoms with Gasteiger partial charge in [-0.3, -0.25) is 4.79 Å². The molecule has 0 saturated heterocycles. The van der Waals surface area contributed by atoms with Gasteiger partial charge in [0.25, 0.3) is 5.91 Å². The number of nitrogens with zero attached hydrogens (tertiary/aromatic N) is 2. The summed E-state index contributed by atoms with van der Waals surface area (Å²) in [6, 6.07) is 7.68. The summed E-state index contributed by atoms with van der Waals surface area (Å²) in [5, 5.41) is 5.79. The zero-order chi connectivity index (χ0) is 15.1. The van der Waals surface area contributed by atoms with E-state index < -0.39 is 0 Å². The molecule has 21 heavy (non-hydrogen) atoms. The van der Waals surface area contributed by atoms with Crippen LogP contribution in [0.1, 0.15) is 10.5 Å². The van der Waals surface area contributed by atoms with E-state index in [-0.39, 0.29) is 11.6 Å². The average molecular weight is 351 g/mol. The lowest BCUT2D eigenvalue weighted by atomic mass is 10.3. The van der Waals surface area contributed by atoms with Gasteiger partial charge in [-0.1, -0.05) is 15.9 Å². The Morgan fingerprint density at radius 3 is 2.62 bits per heavy atom. The van der Waals surface area contributed by atoms with Gasteiger partial charge in [-0.15, -0.1) is 0 Å². The predicted molar refractivity (Wildman–Crippen MR) is 83.7 cm³/mol. The minimum absolute atomic E-state index is 0.269. The number of anilines is 2. The summed E-state index contributed by atoms with van der Waals surface area (Å²) in [5.74, 6) is 0.306. The monoisotopic (exact) mass is 350 g/mol. The molecular weight excluding hydrogens is 336 g/mol. The van der Waals surface area contributed by atoms with Gasteiger partial charge in [0.1, 0.15) is 11.5 Å². The summed E-state index contributed by atoms with van der Waals surface area (Å²) in [4.78, 5) is 20.0. The van der Waals surface area contributed by atoms with Crippen LogP contribution in [0.4, 0.5) is 11.5 Å². The summed E-state index contributed by atoms with van der Waals surface area (Å²) >= 11 is 3.37. The Bertz CT molecular complexity index is 587. The second-order valence-electron chi connectivity index (χ2n) is 4.17. The molecule has 0 unspecified atom stereocenters. The number of aromatic nitrogens is 2. The van der Waals surface area contributed by atoms with Crippen LogP contribution in [0.3, 0.4) is 0 Å². The van der Waals surface area contributed by atoms with Gasteiger partial charge in [-0.05, 0) is 24.3 Å². The first-order valence-electron chi connectivity index (χ1n) is 6.31. The third kappa shape index (κ3) is 4.80. The number of carbonyl (C=O) groups excluding carboxylic acids is 1. The van der Waals surface area contributed by atoms with Gasteiger partial charge < -0.3 is 15.4 Å². The molecular formula is C14H15BrN4O2. The molecule has 1 heterocycles. The van der Waals surface area contributed by atoms with E-state index in [1.165, 1.54) is 12.4 Å². The van der Waals surface area contributed by atoms with Gasteiger partial charge in [-0.2, -0.15) is 0 Å². The summed E-state index contributed by atoms with van der Waals surface area (Å²) in [5.41, 5.74) is 1.16. The molecule has 0 atom stereocenters. The zero-order valence-electron chi connectivity index (χ0n) is 11.5. The highest BCUT2D eigenvalue weighted by Crippen LogP contribution is 2.17. The van der Waals surface area contributed by atoms with Crippen LogP contribution in [-0.2, 0) is 4.74 Å². The van der Waals surface area contributed by atoms with Crippen molar-refractivity contribution in [1.82, 2.24) is 15.3 Å². The van der Waals surface area contributed by atoms with Crippen LogP contribution in [0.25, 0.3) is 0 Å². The minimum atomic E-state index is -0.269. The van der Waals surface area contributed by atoms with Crippen molar-refractivity contribution in [2.75, 3.05) is 25.6 Å². The van der Waals surface area contributed by atoms with Crippen LogP contribution in [0, 0.1) is 0 Å². The van der Waals surface area contributed by atoms with Crippen molar-refractivity contribution in [2.24, 2.45) is 0 Å². The molecule has 0 aliphatic heterocycles. The largest absolute Gasteiger partial charge is 0.383 e. The number of methoxy groups -OCH3 is 1. The van der Waals surface area contributed by atoms with Crippen molar-refractivity contribution in [3.63, 3.8) is 0 Å². The highest BCUT2D eigenvalue weighted by Gasteiger charge is 2.07. The van der Waals surface area contributed by atoms with E-state index in [9.17, 15) is 4.79 Å². The number of halogens is 1. The molecule has 2 aromatic rings. The maximum absolute atomic E-state index is 11.7. The number of ether oxygens (including phenoxy) is 1. The molecule has 0 radical (unpaired) electrons. The van der Waals surface area contributed by atoms with Gasteiger partial charge in [-0.25, -0.2) is 9.97 Å². The van der Waals surface area contributed by atoms with Crippen LogP contribution < -0.4 is 10.6 Å². The SMILES string of the molecule is COCCNC(=O)c1cnc(Nc2ccc(Br)cc2)cn1. The smallest absolute Gasteiger partial charge is 0.271 e. The maximum atomic E-state index is 11.7. The molecule has 0 spiro atoms. The highest BCUT2D eigenvalue weighted by atomic mass is 79.9. The van der Waals surface area contributed by atoms with Gasteiger partial charge in [0.05, 0.1) is 19.0 Å². The lowest BCUT2D eigenvalue weighted by molar-refractivity contribution is 0.0932. The first-order valence-corrected chi connectivity index (χ1v) is 7.10. The van der Waals surface area contributed by atoms with Crippen molar-refractivity contribution in [2.45, 2.75) is 0 Å². The second-order valence-corrected chi connectivity index (χ2v) is 5.08. The van der Waals surface area contributed by atoms with E-state index in [0.717, 1.165) is 10.2 Å². The maximum Gasteiger partial charge on any atom is 0.271 e. The summed E-state index contributed by atoms with van der Waals surface area (Å²) < 4.78 is 5.86. The molecule has 1 aromatic heterocycles. The first kappa shape index (κ1) is 15.4. The Hall–Kier alpha value is -1.99. The van der Waals surface area contributed by atoms with E-state index in [1.807, 2.05) is 24.3 Å². The number of carbonyl (C=O) groups is 1. The Morgan fingerprint density at radius 2 is 2.00 bits per heavy atom. The van der Waals surface area contributed by atoms with E-state index >= 15 is 0 Å². The molecule has 7 heteroatoms. The molecule has 6 nitrogen and oxygen atoms in total. The average Bonchev–Trinajstić information content (AvgIpc) is 2.50. The third-order valence-corrected chi connectivity index (χ3v) is 3.12. The van der Waals surface area contributed by atoms with Crippen molar-refractivity contribution < 1.29 is 9.53 Å². The molecule has 2 N–H and O–H groups in total. The molecule has 1 amide bonds. The van der Waals surface area contributed by atoms with Gasteiger partial charge in [0.2, 0.25) is 0 Å². The van der Waals surface area contributed by atoms with Crippen LogP contribution >= 0.6 is 15.9 Å². The second kappa shape index (κ2) is 7.70. The molecule has 1 aromatic carbocycles. The summed E-state index contributed by atoms with van der Waals surface area (Å²) in [6.45, 7) is 0.901. The molecule has 0 bridgehead atoms. The Morgan fingerprint density at radius 1 is 1.24 bits per heavy atom. The van der Waals surface area contributed by atoms with Crippen molar-refractivity contribution in [1.29, 1.82) is 0 Å². The molecule has 0 fully saturated rings. The van der Waals surface area contributed by atoms with E-state index in [0.29, 0.717) is 19.0 Å². The number of hydrogen-bond donors (Lipinski definition) is 2. The van der Waals surface area contributed by atoms with Crippen molar-refractivity contribution in [3.05, 3.63) is 46.8 Å². The standard InChI is InChI=1S/C14H15BrN4O2/c1-21-7-6-16-14(20)12-8-18-13(9-17-12)19-11-4-2-10(15)3-5-11/h2-5,8-9H,6-7H2,1H3,(H,16,20)(H,18,19). The Balaban J connectivity index is 1.95. The first-order chi connectivity index (χ1) is 10.2. The normalized spacial score (nSPS) is 10.2. The molecule has 0 saturated carbocycles. The lowest BCUT2D eigenvalue weighted by Crippen LogP contribution is -2.27. The van der Waals surface area contributed by atoms with Crippen LogP contribution in [0.5, 0.6) is 0 Å². The minimum Gasteiger partial charge on any atom is -0.383 e. The van der Waals surface area contributed by atoms with Gasteiger partial charge in [0.15, 0.2) is 0 Å². The lowest BCUT2D eigenvalue weighted by Gasteiger charge is -2.06. The van der Waals surface area contributed by atoms with Crippen LogP contribution in [0.15, 0.2) is 41.1 Å². The third-order valence-electron chi connectivity index (χ3n) is 2.59. The van der Waals surface area contributed by atoms with Gasteiger partial charge in [0, 0.05) is 23.8 Å². The van der Waals surface area contributed by atoms with Gasteiger partial charge >= 0.3 is 0 Å². The number of amides is 1. The number of rotatable bonds is 6. The predicted octanol–water partition coefficient (Wildman–Crippen LogP) is 2.36. The summed E-state index contributed by atoms with van der Waals surface area (Å²) in [6.07, 6.45) is 2.95. The number of benzene rings is 1. The van der Waals surface area contributed by atoms with Crippen molar-refractivity contribution >= 4 is 33.3 Å². The Labute approximate surface area is 131 Å². The van der Waals surface area contributed by atoms with E-state index in [1.54, 1.807) is 7.11 Å². The fourth-order valence-corrected chi connectivity index (χ4v) is 1.81.